The van der Waals surface area contributed by atoms with Gasteiger partial charge in [0.15, 0.2) is 0 Å². The Balaban J connectivity index is 1.50. The number of nitrogens with zero attached hydrogens (tertiary/aromatic N) is 1. The van der Waals surface area contributed by atoms with Gasteiger partial charge < -0.3 is 14.9 Å². The number of hydrogen-bond acceptors (Lipinski definition) is 4. The first-order chi connectivity index (χ1) is 18.0. The van der Waals surface area contributed by atoms with Crippen molar-refractivity contribution >= 4 is 11.9 Å². The molecule has 37 heavy (non-hydrogen) atoms. The normalized spacial score (nSPS) is 10.9. The molecule has 0 atom stereocenters. The fourth-order valence-electron chi connectivity index (χ4n) is 4.30. The molecular formula is C31H37NO5. The van der Waals surface area contributed by atoms with Gasteiger partial charge in [-0.05, 0) is 80.0 Å². The first-order valence-corrected chi connectivity index (χ1v) is 13.0. The Kier molecular flexibility index (Phi) is 11.7. The van der Waals surface area contributed by atoms with Gasteiger partial charge in [-0.25, -0.2) is 4.79 Å². The van der Waals surface area contributed by atoms with E-state index in [4.69, 9.17) is 14.9 Å². The second-order valence-electron chi connectivity index (χ2n) is 9.28. The van der Waals surface area contributed by atoms with Gasteiger partial charge in [0.25, 0.3) is 0 Å². The van der Waals surface area contributed by atoms with Crippen molar-refractivity contribution in [2.24, 2.45) is 0 Å². The number of carboxylic acids is 2. The van der Waals surface area contributed by atoms with Gasteiger partial charge in [-0.3, -0.25) is 9.69 Å². The molecule has 0 aliphatic heterocycles. The zero-order valence-electron chi connectivity index (χ0n) is 21.4. The number of para-hydroxylation sites is 1. The maximum absolute atomic E-state index is 11.1. The summed E-state index contributed by atoms with van der Waals surface area (Å²) in [5.41, 5.74) is 3.77. The molecule has 0 fully saturated rings. The zero-order valence-corrected chi connectivity index (χ0v) is 21.4. The molecule has 0 amide bonds. The highest BCUT2D eigenvalue weighted by Gasteiger charge is 2.11. The van der Waals surface area contributed by atoms with Gasteiger partial charge in [-0.1, -0.05) is 60.7 Å². The predicted molar refractivity (Wildman–Crippen MR) is 145 cm³/mol. The summed E-state index contributed by atoms with van der Waals surface area (Å²) in [5.74, 6) is -0.840. The van der Waals surface area contributed by atoms with E-state index in [9.17, 15) is 9.59 Å². The molecule has 0 radical (unpaired) electrons. The Bertz CT molecular complexity index is 1100. The minimum atomic E-state index is -0.947. The van der Waals surface area contributed by atoms with Crippen LogP contribution in [0.4, 0.5) is 0 Å². The molecule has 2 N–H and O–H groups in total. The molecule has 0 saturated heterocycles. The van der Waals surface area contributed by atoms with Crippen molar-refractivity contribution in [3.63, 3.8) is 0 Å². The first kappa shape index (κ1) is 27.9. The lowest BCUT2D eigenvalue weighted by Crippen LogP contribution is -2.27. The number of aromatic carboxylic acids is 1. The Morgan fingerprint density at radius 1 is 0.703 bits per heavy atom. The number of carboxylic acid groups (broad SMARTS) is 2. The Morgan fingerprint density at radius 3 is 2.16 bits per heavy atom. The van der Waals surface area contributed by atoms with Crippen LogP contribution in [0.25, 0.3) is 0 Å². The molecule has 0 spiro atoms. The van der Waals surface area contributed by atoms with Crippen molar-refractivity contribution in [3.8, 4) is 5.75 Å². The first-order valence-electron chi connectivity index (χ1n) is 13.0. The summed E-state index contributed by atoms with van der Waals surface area (Å²) in [4.78, 5) is 24.4. The van der Waals surface area contributed by atoms with Crippen molar-refractivity contribution < 1.29 is 24.5 Å². The van der Waals surface area contributed by atoms with E-state index >= 15 is 0 Å². The third kappa shape index (κ3) is 10.5. The van der Waals surface area contributed by atoms with Crippen LogP contribution in [0.1, 0.15) is 59.2 Å². The maximum atomic E-state index is 11.1. The SMILES string of the molecule is O=C(O)CCCN(CCc1ccccc1OCCCCCc1ccccc1)Cc1ccc(C(=O)O)cc1. The van der Waals surface area contributed by atoms with Crippen LogP contribution in [-0.2, 0) is 24.2 Å². The van der Waals surface area contributed by atoms with Gasteiger partial charge >= 0.3 is 11.9 Å². The van der Waals surface area contributed by atoms with E-state index in [0.717, 1.165) is 55.5 Å². The molecule has 0 aromatic heterocycles. The number of carbonyl (C=O) groups is 2. The minimum Gasteiger partial charge on any atom is -0.493 e. The summed E-state index contributed by atoms with van der Waals surface area (Å²) in [6.45, 7) is 2.71. The van der Waals surface area contributed by atoms with Crippen molar-refractivity contribution in [2.45, 2.75) is 51.5 Å². The summed E-state index contributed by atoms with van der Waals surface area (Å²) in [6.07, 6.45) is 5.83. The van der Waals surface area contributed by atoms with E-state index in [2.05, 4.69) is 35.2 Å². The summed E-state index contributed by atoms with van der Waals surface area (Å²) in [5, 5.41) is 18.2. The number of hydrogen-bond donors (Lipinski definition) is 2. The molecular weight excluding hydrogens is 466 g/mol. The van der Waals surface area contributed by atoms with Crippen molar-refractivity contribution in [1.29, 1.82) is 0 Å². The standard InChI is InChI=1S/C31H37NO5/c33-30(34)15-9-21-32(24-26-16-18-28(19-17-26)31(35)36)22-20-27-13-6-7-14-29(27)37-23-8-2-5-12-25-10-3-1-4-11-25/h1,3-4,6-7,10-11,13-14,16-19H,2,5,8-9,12,15,20-24H2,(H,33,34)(H,35,36). The summed E-state index contributed by atoms with van der Waals surface area (Å²) in [7, 11) is 0. The van der Waals surface area contributed by atoms with Crippen molar-refractivity contribution in [1.82, 2.24) is 4.90 Å². The lowest BCUT2D eigenvalue weighted by Gasteiger charge is -2.23. The highest BCUT2D eigenvalue weighted by atomic mass is 16.5. The van der Waals surface area contributed by atoms with E-state index < -0.39 is 11.9 Å². The maximum Gasteiger partial charge on any atom is 0.335 e. The summed E-state index contributed by atoms with van der Waals surface area (Å²) in [6, 6.07) is 25.5. The van der Waals surface area contributed by atoms with Gasteiger partial charge in [0.05, 0.1) is 12.2 Å². The number of ether oxygens (including phenoxy) is 1. The molecule has 6 nitrogen and oxygen atoms in total. The van der Waals surface area contributed by atoms with Crippen LogP contribution in [0.5, 0.6) is 5.75 Å². The van der Waals surface area contributed by atoms with Crippen LogP contribution in [-0.4, -0.2) is 46.7 Å². The van der Waals surface area contributed by atoms with Gasteiger partial charge in [0.2, 0.25) is 0 Å². The van der Waals surface area contributed by atoms with Crippen LogP contribution in [0.3, 0.4) is 0 Å². The fourth-order valence-corrected chi connectivity index (χ4v) is 4.30. The monoisotopic (exact) mass is 503 g/mol. The highest BCUT2D eigenvalue weighted by molar-refractivity contribution is 5.87. The van der Waals surface area contributed by atoms with Gasteiger partial charge in [0.1, 0.15) is 5.75 Å². The third-order valence-electron chi connectivity index (χ3n) is 6.35. The number of aliphatic carboxylic acids is 1. The Morgan fingerprint density at radius 2 is 1.43 bits per heavy atom. The highest BCUT2D eigenvalue weighted by Crippen LogP contribution is 2.20. The van der Waals surface area contributed by atoms with Gasteiger partial charge in [0, 0.05) is 19.5 Å². The molecule has 0 unspecified atom stereocenters. The molecule has 3 rings (SSSR count). The molecule has 0 saturated carbocycles. The van der Waals surface area contributed by atoms with Crippen LogP contribution in [0.2, 0.25) is 0 Å². The number of benzene rings is 3. The van der Waals surface area contributed by atoms with Crippen LogP contribution in [0, 0.1) is 0 Å². The quantitative estimate of drug-likeness (QED) is 0.217. The smallest absolute Gasteiger partial charge is 0.335 e. The molecule has 6 heteroatoms. The van der Waals surface area contributed by atoms with E-state index in [-0.39, 0.29) is 12.0 Å². The van der Waals surface area contributed by atoms with Crippen molar-refractivity contribution in [3.05, 3.63) is 101 Å². The topological polar surface area (TPSA) is 87.1 Å². The molecule has 3 aromatic rings. The average molecular weight is 504 g/mol. The Labute approximate surface area is 219 Å². The van der Waals surface area contributed by atoms with Crippen LogP contribution in [0.15, 0.2) is 78.9 Å². The van der Waals surface area contributed by atoms with Crippen molar-refractivity contribution in [2.75, 3.05) is 19.7 Å². The molecule has 196 valence electrons. The minimum absolute atomic E-state index is 0.123. The molecule has 0 bridgehead atoms. The van der Waals surface area contributed by atoms with E-state index in [1.165, 1.54) is 5.56 Å². The second-order valence-corrected chi connectivity index (χ2v) is 9.28. The fraction of sp³-hybridized carbons (Fsp3) is 0.355. The van der Waals surface area contributed by atoms with Crippen LogP contribution < -0.4 is 4.74 Å². The third-order valence-corrected chi connectivity index (χ3v) is 6.35. The average Bonchev–Trinajstić information content (AvgIpc) is 2.90. The molecule has 3 aromatic carbocycles. The lowest BCUT2D eigenvalue weighted by atomic mass is 10.1. The van der Waals surface area contributed by atoms with E-state index in [1.807, 2.05) is 36.4 Å². The van der Waals surface area contributed by atoms with E-state index in [1.54, 1.807) is 12.1 Å². The Hall–Kier alpha value is -3.64. The summed E-state index contributed by atoms with van der Waals surface area (Å²) < 4.78 is 6.14. The largest absolute Gasteiger partial charge is 0.493 e. The van der Waals surface area contributed by atoms with Gasteiger partial charge in [-0.2, -0.15) is 0 Å². The number of unbranched alkanes of at least 4 members (excludes halogenated alkanes) is 2. The number of rotatable bonds is 17. The predicted octanol–water partition coefficient (Wildman–Crippen LogP) is 6.09. The molecule has 0 aliphatic carbocycles. The second kappa shape index (κ2) is 15.5. The molecule has 0 aliphatic rings. The summed E-state index contributed by atoms with van der Waals surface area (Å²) >= 11 is 0. The lowest BCUT2D eigenvalue weighted by molar-refractivity contribution is -0.137. The van der Waals surface area contributed by atoms with Gasteiger partial charge in [-0.15, -0.1) is 0 Å². The number of aryl methyl sites for hydroxylation is 1. The molecule has 0 heterocycles. The van der Waals surface area contributed by atoms with Crippen LogP contribution >= 0.6 is 0 Å². The van der Waals surface area contributed by atoms with E-state index in [0.29, 0.717) is 26.1 Å². The zero-order chi connectivity index (χ0) is 26.3.